The third kappa shape index (κ3) is 2.83. The van der Waals surface area contributed by atoms with Crippen LogP contribution in [-0.2, 0) is 10.1 Å². The van der Waals surface area contributed by atoms with Crippen molar-refractivity contribution in [1.82, 2.24) is 4.98 Å². The number of hydrogen-bond donors (Lipinski definition) is 3. The Kier molecular flexibility index (Phi) is 3.99. The van der Waals surface area contributed by atoms with Crippen LogP contribution in [0.2, 0.25) is 0 Å². The van der Waals surface area contributed by atoms with Crippen LogP contribution in [0.1, 0.15) is 32.6 Å². The van der Waals surface area contributed by atoms with Gasteiger partial charge < -0.3 is 10.1 Å². The molecule has 0 saturated heterocycles. The molecule has 8 heteroatoms. The van der Waals surface area contributed by atoms with Crippen molar-refractivity contribution in [3.63, 3.8) is 0 Å². The number of fused-ring (bicyclic) bond motifs is 1. The fourth-order valence-corrected chi connectivity index (χ4v) is 4.07. The number of rotatable bonds is 3. The number of nitrogens with one attached hydrogen (secondary N) is 1. The summed E-state index contributed by atoms with van der Waals surface area (Å²) in [6.45, 7) is 3.49. The maximum absolute atomic E-state index is 12.6. The third-order valence-electron chi connectivity index (χ3n) is 4.72. The number of nitrogens with zero attached hydrogens (tertiary/aromatic N) is 1. The second-order valence-corrected chi connectivity index (χ2v) is 8.08. The Morgan fingerprint density at radius 1 is 0.964 bits per heavy atom. The van der Waals surface area contributed by atoms with Crippen molar-refractivity contribution in [3.8, 4) is 17.1 Å². The van der Waals surface area contributed by atoms with E-state index in [4.69, 9.17) is 0 Å². The highest BCUT2D eigenvalue weighted by Gasteiger charge is 2.33. The van der Waals surface area contributed by atoms with Gasteiger partial charge in [0.05, 0.1) is 27.4 Å². The first kappa shape index (κ1) is 18.1. The van der Waals surface area contributed by atoms with Gasteiger partial charge in [-0.15, -0.1) is 0 Å². The average molecular weight is 396 g/mol. The summed E-state index contributed by atoms with van der Waals surface area (Å²) >= 11 is 0. The number of aliphatic imine (C=N–C) groups is 1. The average Bonchev–Trinajstić information content (AvgIpc) is 3.14. The number of aromatic hydroxyl groups is 1. The van der Waals surface area contributed by atoms with E-state index in [9.17, 15) is 22.9 Å². The van der Waals surface area contributed by atoms with Crippen LogP contribution in [0, 0.1) is 13.8 Å². The highest BCUT2D eigenvalue weighted by molar-refractivity contribution is 7.85. The molecule has 0 saturated carbocycles. The van der Waals surface area contributed by atoms with Gasteiger partial charge in [0, 0.05) is 11.1 Å². The van der Waals surface area contributed by atoms with Crippen LogP contribution in [0.25, 0.3) is 11.3 Å². The maximum atomic E-state index is 12.6. The number of aromatic amines is 1. The van der Waals surface area contributed by atoms with Crippen molar-refractivity contribution in [2.45, 2.75) is 18.7 Å². The number of aryl methyl sites for hydroxylation is 2. The number of H-pyrrole nitrogens is 1. The Hall–Kier alpha value is -3.23. The highest BCUT2D eigenvalue weighted by Crippen LogP contribution is 2.38. The van der Waals surface area contributed by atoms with E-state index in [2.05, 4.69) is 9.98 Å². The summed E-state index contributed by atoms with van der Waals surface area (Å²) in [6, 6.07) is 11.8. The Labute approximate surface area is 161 Å². The van der Waals surface area contributed by atoms with Crippen molar-refractivity contribution in [1.29, 1.82) is 0 Å². The lowest BCUT2D eigenvalue weighted by Gasteiger charge is -2.06. The van der Waals surface area contributed by atoms with E-state index >= 15 is 0 Å². The Balaban J connectivity index is 1.89. The summed E-state index contributed by atoms with van der Waals surface area (Å²) < 4.78 is 32.7. The molecule has 142 valence electrons. The molecule has 0 spiro atoms. The van der Waals surface area contributed by atoms with Gasteiger partial charge in [-0.2, -0.15) is 8.42 Å². The smallest absolute Gasteiger partial charge is 0.294 e. The molecule has 0 fully saturated rings. The molecule has 0 radical (unpaired) electrons. The van der Waals surface area contributed by atoms with Crippen molar-refractivity contribution in [2.24, 2.45) is 4.99 Å². The normalized spacial score (nSPS) is 13.5. The lowest BCUT2D eigenvalue weighted by Crippen LogP contribution is -2.02. The van der Waals surface area contributed by atoms with Crippen LogP contribution in [0.15, 0.2) is 52.4 Å². The number of benzene rings is 2. The molecular weight excluding hydrogens is 380 g/mol. The highest BCUT2D eigenvalue weighted by atomic mass is 32.2. The molecule has 0 bridgehead atoms. The summed E-state index contributed by atoms with van der Waals surface area (Å²) in [6.07, 6.45) is 0. The van der Waals surface area contributed by atoms with Gasteiger partial charge in [-0.05, 0) is 25.5 Å². The van der Waals surface area contributed by atoms with E-state index in [0.29, 0.717) is 22.4 Å². The van der Waals surface area contributed by atoms with Gasteiger partial charge in [0.25, 0.3) is 16.0 Å². The number of carbonyl (C=O) groups excluding carboxylic acids is 1. The van der Waals surface area contributed by atoms with Gasteiger partial charge in [0.1, 0.15) is 0 Å². The first-order chi connectivity index (χ1) is 13.2. The lowest BCUT2D eigenvalue weighted by molar-refractivity contribution is 0.101. The first-order valence-corrected chi connectivity index (χ1v) is 9.84. The van der Waals surface area contributed by atoms with Gasteiger partial charge in [-0.3, -0.25) is 9.35 Å². The summed E-state index contributed by atoms with van der Waals surface area (Å²) in [4.78, 5) is 19.2. The summed E-state index contributed by atoms with van der Waals surface area (Å²) in [5.74, 6) is -0.768. The van der Waals surface area contributed by atoms with E-state index in [-0.39, 0.29) is 27.6 Å². The molecule has 4 rings (SSSR count). The van der Waals surface area contributed by atoms with Crippen LogP contribution >= 0.6 is 0 Å². The maximum Gasteiger partial charge on any atom is 0.294 e. The molecule has 1 amide bonds. The molecule has 0 aliphatic carbocycles. The Morgan fingerprint density at radius 2 is 1.61 bits per heavy atom. The predicted molar refractivity (Wildman–Crippen MR) is 104 cm³/mol. The van der Waals surface area contributed by atoms with Gasteiger partial charge >= 0.3 is 0 Å². The van der Waals surface area contributed by atoms with Gasteiger partial charge in [0.2, 0.25) is 0 Å². The van der Waals surface area contributed by atoms with Crippen molar-refractivity contribution in [3.05, 3.63) is 70.3 Å². The number of amides is 1. The minimum absolute atomic E-state index is 0.165. The van der Waals surface area contributed by atoms with E-state index in [1.807, 2.05) is 31.2 Å². The molecule has 2 aromatic carbocycles. The minimum Gasteiger partial charge on any atom is -0.494 e. The quantitative estimate of drug-likeness (QED) is 0.587. The van der Waals surface area contributed by atoms with Crippen LogP contribution in [0.3, 0.4) is 0 Å². The predicted octanol–water partition coefficient (Wildman–Crippen LogP) is 3.24. The van der Waals surface area contributed by atoms with Crippen LogP contribution in [-0.4, -0.2) is 34.7 Å². The summed E-state index contributed by atoms with van der Waals surface area (Å²) in [7, 11) is -4.43. The van der Waals surface area contributed by atoms with Crippen LogP contribution < -0.4 is 0 Å². The molecule has 1 aliphatic heterocycles. The molecule has 2 heterocycles. The zero-order valence-electron chi connectivity index (χ0n) is 15.0. The van der Waals surface area contributed by atoms with Crippen LogP contribution in [0.5, 0.6) is 5.88 Å². The zero-order valence-corrected chi connectivity index (χ0v) is 15.8. The first-order valence-electron chi connectivity index (χ1n) is 8.40. The second kappa shape index (κ2) is 6.15. The number of hydrogen-bond acceptors (Lipinski definition) is 4. The zero-order chi connectivity index (χ0) is 20.2. The molecule has 7 nitrogen and oxygen atoms in total. The molecular formula is C20H16N2O5S. The number of aromatic nitrogens is 1. The fourth-order valence-electron chi connectivity index (χ4n) is 3.31. The van der Waals surface area contributed by atoms with Gasteiger partial charge in [-0.25, -0.2) is 4.99 Å². The van der Waals surface area contributed by atoms with E-state index in [1.54, 1.807) is 13.0 Å². The van der Waals surface area contributed by atoms with Gasteiger partial charge in [-0.1, -0.05) is 42.0 Å². The Morgan fingerprint density at radius 3 is 2.25 bits per heavy atom. The molecule has 0 atom stereocenters. The van der Waals surface area contributed by atoms with E-state index in [1.165, 1.54) is 12.1 Å². The standard InChI is InChI=1S/C20H16N2O5S/c1-10-3-6-12(7-4-10)17-15-16(20(24)21-17)18(22-19(15)23)13-8-5-11(2)14(9-13)28(25,26)27/h3-9,22-23H,1-2H3,(H,25,26,27). The monoisotopic (exact) mass is 396 g/mol. The summed E-state index contributed by atoms with van der Waals surface area (Å²) in [5, 5.41) is 10.4. The molecule has 0 unspecified atom stereocenters. The lowest BCUT2D eigenvalue weighted by atomic mass is 9.99. The van der Waals surface area contributed by atoms with E-state index in [0.717, 1.165) is 5.56 Å². The fraction of sp³-hybridized carbons (Fsp3) is 0.100. The Bertz CT molecular complexity index is 1270. The molecule has 28 heavy (non-hydrogen) atoms. The second-order valence-electron chi connectivity index (χ2n) is 6.69. The van der Waals surface area contributed by atoms with Crippen LogP contribution in [0.4, 0.5) is 0 Å². The third-order valence-corrected chi connectivity index (χ3v) is 5.72. The topological polar surface area (TPSA) is 120 Å². The molecule has 1 aromatic heterocycles. The minimum atomic E-state index is -4.43. The summed E-state index contributed by atoms with van der Waals surface area (Å²) in [5.41, 5.74) is 3.46. The SMILES string of the molecule is Cc1ccc(C2=NC(=O)c3c(-c4ccc(C)c(S(=O)(=O)O)c4)[nH]c(O)c32)cc1. The largest absolute Gasteiger partial charge is 0.494 e. The van der Waals surface area contributed by atoms with E-state index < -0.39 is 16.0 Å². The molecule has 1 aliphatic rings. The number of carbonyl (C=O) groups is 1. The van der Waals surface area contributed by atoms with Crippen molar-refractivity contribution >= 4 is 21.7 Å². The van der Waals surface area contributed by atoms with Crippen molar-refractivity contribution in [2.75, 3.05) is 0 Å². The molecule has 3 N–H and O–H groups in total. The van der Waals surface area contributed by atoms with Gasteiger partial charge in [0.15, 0.2) is 5.88 Å². The molecule has 3 aromatic rings. The van der Waals surface area contributed by atoms with Crippen molar-refractivity contribution < 1.29 is 22.9 Å².